The topological polar surface area (TPSA) is 32.3 Å². The maximum absolute atomic E-state index is 13.1. The molecule has 0 unspecified atom stereocenters. The average Bonchev–Trinajstić information content (AvgIpc) is 2.30. The summed E-state index contributed by atoms with van der Waals surface area (Å²) < 4.78 is 13.1. The van der Waals surface area contributed by atoms with Crippen molar-refractivity contribution in [1.29, 1.82) is 0 Å². The summed E-state index contributed by atoms with van der Waals surface area (Å²) in [5.74, 6) is -0.524. The molecular formula is C14H13ClFNO. The van der Waals surface area contributed by atoms with E-state index in [1.165, 1.54) is 12.1 Å². The molecule has 0 saturated heterocycles. The molecule has 2 N–H and O–H groups in total. The van der Waals surface area contributed by atoms with E-state index in [0.29, 0.717) is 17.1 Å². The molecule has 0 aliphatic carbocycles. The lowest BCUT2D eigenvalue weighted by Crippen LogP contribution is -2.01. The largest absolute Gasteiger partial charge is 0.508 e. The molecule has 2 aromatic rings. The summed E-state index contributed by atoms with van der Waals surface area (Å²) in [6.45, 7) is 2.33. The summed E-state index contributed by atoms with van der Waals surface area (Å²) >= 11 is 6.01. The zero-order valence-corrected chi connectivity index (χ0v) is 10.6. The third-order valence-corrected chi connectivity index (χ3v) is 3.10. The Balaban J connectivity index is 2.14. The summed E-state index contributed by atoms with van der Waals surface area (Å²) in [5, 5.41) is 13.1. The Morgan fingerprint density at radius 3 is 2.78 bits per heavy atom. The van der Waals surface area contributed by atoms with Gasteiger partial charge in [0.15, 0.2) is 0 Å². The molecule has 2 aromatic carbocycles. The lowest BCUT2D eigenvalue weighted by Gasteiger charge is -2.11. The van der Waals surface area contributed by atoms with Crippen LogP contribution in [0.5, 0.6) is 5.75 Å². The van der Waals surface area contributed by atoms with Gasteiger partial charge in [0, 0.05) is 23.3 Å². The standard InChI is InChI=1S/C14H13ClFNO/c1-9-13(15)3-2-4-14(9)17-8-10-5-11(16)7-12(18)6-10/h2-7,17-18H,8H2,1H3. The van der Waals surface area contributed by atoms with Crippen LogP contribution in [0.1, 0.15) is 11.1 Å². The van der Waals surface area contributed by atoms with Crippen molar-refractivity contribution in [2.45, 2.75) is 13.5 Å². The van der Waals surface area contributed by atoms with Crippen LogP contribution in [0.15, 0.2) is 36.4 Å². The molecule has 0 bridgehead atoms. The van der Waals surface area contributed by atoms with Crippen LogP contribution in [-0.4, -0.2) is 5.11 Å². The van der Waals surface area contributed by atoms with Crippen LogP contribution < -0.4 is 5.32 Å². The maximum atomic E-state index is 13.1. The normalized spacial score (nSPS) is 10.4. The average molecular weight is 266 g/mol. The predicted molar refractivity (Wildman–Crippen MR) is 71.6 cm³/mol. The van der Waals surface area contributed by atoms with Crippen molar-refractivity contribution in [3.8, 4) is 5.75 Å². The molecular weight excluding hydrogens is 253 g/mol. The van der Waals surface area contributed by atoms with Crippen LogP contribution in [0.3, 0.4) is 0 Å². The number of phenols is 1. The van der Waals surface area contributed by atoms with Gasteiger partial charge >= 0.3 is 0 Å². The molecule has 2 rings (SSSR count). The number of hydrogen-bond acceptors (Lipinski definition) is 2. The number of benzene rings is 2. The van der Waals surface area contributed by atoms with Gasteiger partial charge in [0.05, 0.1) is 0 Å². The second-order valence-electron chi connectivity index (χ2n) is 4.08. The number of hydrogen-bond donors (Lipinski definition) is 2. The molecule has 0 aliphatic rings. The minimum Gasteiger partial charge on any atom is -0.508 e. The molecule has 0 fully saturated rings. The Morgan fingerprint density at radius 2 is 2.06 bits per heavy atom. The molecule has 4 heteroatoms. The first-order valence-electron chi connectivity index (χ1n) is 5.53. The first-order valence-corrected chi connectivity index (χ1v) is 5.91. The lowest BCUT2D eigenvalue weighted by atomic mass is 10.1. The van der Waals surface area contributed by atoms with Gasteiger partial charge in [-0.2, -0.15) is 0 Å². The number of aromatic hydroxyl groups is 1. The first kappa shape index (κ1) is 12.7. The first-order chi connectivity index (χ1) is 8.56. The quantitative estimate of drug-likeness (QED) is 0.875. The fourth-order valence-corrected chi connectivity index (χ4v) is 1.91. The van der Waals surface area contributed by atoms with E-state index in [9.17, 15) is 9.50 Å². The molecule has 0 saturated carbocycles. The van der Waals surface area contributed by atoms with E-state index in [2.05, 4.69) is 5.32 Å². The number of phenolic OH excluding ortho intramolecular Hbond substituents is 1. The lowest BCUT2D eigenvalue weighted by molar-refractivity contribution is 0.468. The Hall–Kier alpha value is -1.74. The van der Waals surface area contributed by atoms with Gasteiger partial charge in [-0.3, -0.25) is 0 Å². The monoisotopic (exact) mass is 265 g/mol. The van der Waals surface area contributed by atoms with Gasteiger partial charge in [-0.05, 0) is 42.3 Å². The number of anilines is 1. The summed E-state index contributed by atoms with van der Waals surface area (Å²) in [6, 6.07) is 9.55. The van der Waals surface area contributed by atoms with Gasteiger partial charge in [-0.25, -0.2) is 4.39 Å². The number of rotatable bonds is 3. The van der Waals surface area contributed by atoms with Crippen LogP contribution in [0.25, 0.3) is 0 Å². The minimum atomic E-state index is -0.449. The molecule has 0 radical (unpaired) electrons. The smallest absolute Gasteiger partial charge is 0.127 e. The molecule has 2 nitrogen and oxygen atoms in total. The molecule has 0 aromatic heterocycles. The van der Waals surface area contributed by atoms with Crippen LogP contribution in [-0.2, 0) is 6.54 Å². The van der Waals surface area contributed by atoms with Crippen LogP contribution in [0.4, 0.5) is 10.1 Å². The number of nitrogens with one attached hydrogen (secondary N) is 1. The van der Waals surface area contributed by atoms with E-state index in [4.69, 9.17) is 11.6 Å². The van der Waals surface area contributed by atoms with Crippen molar-refractivity contribution in [2.75, 3.05) is 5.32 Å². The Morgan fingerprint density at radius 1 is 1.28 bits per heavy atom. The van der Waals surface area contributed by atoms with E-state index < -0.39 is 5.82 Å². The van der Waals surface area contributed by atoms with E-state index in [1.807, 2.05) is 25.1 Å². The van der Waals surface area contributed by atoms with Crippen LogP contribution in [0, 0.1) is 12.7 Å². The molecule has 0 heterocycles. The molecule has 94 valence electrons. The van der Waals surface area contributed by atoms with E-state index in [-0.39, 0.29) is 5.75 Å². The van der Waals surface area contributed by atoms with Gasteiger partial charge in [-0.15, -0.1) is 0 Å². The maximum Gasteiger partial charge on any atom is 0.127 e. The Labute approximate surface area is 110 Å². The highest BCUT2D eigenvalue weighted by Crippen LogP contribution is 2.24. The minimum absolute atomic E-state index is 0.0744. The summed E-state index contributed by atoms with van der Waals surface area (Å²) in [7, 11) is 0. The van der Waals surface area contributed by atoms with Gasteiger partial charge in [0.2, 0.25) is 0 Å². The predicted octanol–water partition coefficient (Wildman–Crippen LogP) is 4.11. The van der Waals surface area contributed by atoms with E-state index in [1.54, 1.807) is 0 Å². The number of halogens is 2. The molecule has 0 spiro atoms. The van der Waals surface area contributed by atoms with Crippen LogP contribution >= 0.6 is 11.6 Å². The van der Waals surface area contributed by atoms with Crippen molar-refractivity contribution in [3.05, 3.63) is 58.4 Å². The highest BCUT2D eigenvalue weighted by molar-refractivity contribution is 6.31. The van der Waals surface area contributed by atoms with Crippen LogP contribution in [0.2, 0.25) is 5.02 Å². The third-order valence-electron chi connectivity index (χ3n) is 2.69. The molecule has 0 aliphatic heterocycles. The zero-order valence-electron chi connectivity index (χ0n) is 9.87. The zero-order chi connectivity index (χ0) is 13.1. The SMILES string of the molecule is Cc1c(Cl)cccc1NCc1cc(O)cc(F)c1. The van der Waals surface area contributed by atoms with E-state index in [0.717, 1.165) is 17.3 Å². The second-order valence-corrected chi connectivity index (χ2v) is 4.49. The van der Waals surface area contributed by atoms with Crippen molar-refractivity contribution < 1.29 is 9.50 Å². The second kappa shape index (κ2) is 5.27. The van der Waals surface area contributed by atoms with E-state index >= 15 is 0 Å². The third kappa shape index (κ3) is 2.93. The summed E-state index contributed by atoms with van der Waals surface area (Å²) in [4.78, 5) is 0. The highest BCUT2D eigenvalue weighted by Gasteiger charge is 2.03. The molecule has 18 heavy (non-hydrogen) atoms. The van der Waals surface area contributed by atoms with Gasteiger partial charge in [-0.1, -0.05) is 17.7 Å². The fraction of sp³-hybridized carbons (Fsp3) is 0.143. The van der Waals surface area contributed by atoms with Gasteiger partial charge < -0.3 is 10.4 Å². The summed E-state index contributed by atoms with van der Waals surface area (Å²) in [6.07, 6.45) is 0. The molecule has 0 amide bonds. The molecule has 0 atom stereocenters. The highest BCUT2D eigenvalue weighted by atomic mass is 35.5. The Kier molecular flexibility index (Phi) is 3.72. The summed E-state index contributed by atoms with van der Waals surface area (Å²) in [5.41, 5.74) is 2.51. The Bertz CT molecular complexity index is 551. The van der Waals surface area contributed by atoms with Crippen molar-refractivity contribution >= 4 is 17.3 Å². The fourth-order valence-electron chi connectivity index (χ4n) is 1.73. The van der Waals surface area contributed by atoms with Crippen molar-refractivity contribution in [1.82, 2.24) is 0 Å². The van der Waals surface area contributed by atoms with Crippen molar-refractivity contribution in [2.24, 2.45) is 0 Å². The van der Waals surface area contributed by atoms with Crippen molar-refractivity contribution in [3.63, 3.8) is 0 Å². The van der Waals surface area contributed by atoms with Gasteiger partial charge in [0.1, 0.15) is 11.6 Å². The van der Waals surface area contributed by atoms with Gasteiger partial charge in [0.25, 0.3) is 0 Å².